The van der Waals surface area contributed by atoms with E-state index in [4.69, 9.17) is 4.74 Å². The summed E-state index contributed by atoms with van der Waals surface area (Å²) in [5.41, 5.74) is -0.540. The molecule has 1 aliphatic rings. The molecule has 1 aromatic rings. The van der Waals surface area contributed by atoms with Gasteiger partial charge in [0.05, 0.1) is 5.92 Å². The number of anilines is 1. The number of ether oxygens (including phenoxy) is 1. The maximum Gasteiger partial charge on any atom is 0.309 e. The fraction of sp³-hybridized carbons (Fsp3) is 0.385. The molecule has 0 aliphatic heterocycles. The van der Waals surface area contributed by atoms with Crippen molar-refractivity contribution >= 4 is 17.6 Å². The predicted molar refractivity (Wildman–Crippen MR) is 63.3 cm³/mol. The second-order valence-corrected chi connectivity index (χ2v) is 4.44. The number of para-hydroxylation sites is 1. The first-order valence-corrected chi connectivity index (χ1v) is 5.94. The van der Waals surface area contributed by atoms with Crippen molar-refractivity contribution in [1.29, 1.82) is 0 Å². The van der Waals surface area contributed by atoms with E-state index in [0.29, 0.717) is 0 Å². The number of rotatable bonds is 4. The zero-order valence-corrected chi connectivity index (χ0v) is 10.3. The van der Waals surface area contributed by atoms with Crippen molar-refractivity contribution < 1.29 is 23.1 Å². The van der Waals surface area contributed by atoms with Gasteiger partial charge in [-0.05, 0) is 31.9 Å². The lowest BCUT2D eigenvalue weighted by Crippen LogP contribution is -2.31. The number of nitrogens with one attached hydrogen (secondary N) is 1. The number of amides is 1. The normalized spacial score (nSPS) is 15.7. The topological polar surface area (TPSA) is 55.4 Å². The van der Waals surface area contributed by atoms with E-state index in [2.05, 4.69) is 5.32 Å². The average molecular weight is 269 g/mol. The van der Waals surface area contributed by atoms with Crippen LogP contribution in [-0.4, -0.2) is 18.0 Å². The van der Waals surface area contributed by atoms with Crippen LogP contribution in [0.2, 0.25) is 0 Å². The third kappa shape index (κ3) is 3.27. The molecule has 1 aliphatic carbocycles. The highest BCUT2D eigenvalue weighted by molar-refractivity contribution is 5.95. The summed E-state index contributed by atoms with van der Waals surface area (Å²) < 4.78 is 31.5. The summed E-state index contributed by atoms with van der Waals surface area (Å²) in [4.78, 5) is 23.0. The van der Waals surface area contributed by atoms with E-state index in [1.807, 2.05) is 0 Å². The fourth-order valence-corrected chi connectivity index (χ4v) is 1.49. The van der Waals surface area contributed by atoms with Crippen molar-refractivity contribution in [2.75, 3.05) is 5.32 Å². The molecule has 1 fully saturated rings. The maximum absolute atomic E-state index is 13.3. The molecule has 1 atom stereocenters. The van der Waals surface area contributed by atoms with Crippen LogP contribution >= 0.6 is 0 Å². The summed E-state index contributed by atoms with van der Waals surface area (Å²) in [5, 5.41) is 2.08. The van der Waals surface area contributed by atoms with Crippen LogP contribution in [0.1, 0.15) is 19.8 Å². The molecule has 1 aromatic carbocycles. The van der Waals surface area contributed by atoms with Gasteiger partial charge in [-0.3, -0.25) is 9.59 Å². The predicted octanol–water partition coefficient (Wildman–Crippen LogP) is 2.25. The zero-order valence-electron chi connectivity index (χ0n) is 10.3. The third-order valence-corrected chi connectivity index (χ3v) is 2.78. The van der Waals surface area contributed by atoms with E-state index in [0.717, 1.165) is 25.0 Å². The fourth-order valence-electron chi connectivity index (χ4n) is 1.49. The molecule has 102 valence electrons. The molecule has 1 amide bonds. The molecular formula is C13H13F2NO3. The molecule has 19 heavy (non-hydrogen) atoms. The second kappa shape index (κ2) is 5.34. The Morgan fingerprint density at radius 1 is 1.32 bits per heavy atom. The summed E-state index contributed by atoms with van der Waals surface area (Å²) in [6, 6.07) is 3.25. The van der Waals surface area contributed by atoms with Crippen LogP contribution in [0.4, 0.5) is 14.5 Å². The monoisotopic (exact) mass is 269 g/mol. The van der Waals surface area contributed by atoms with Gasteiger partial charge in [0.25, 0.3) is 5.91 Å². The number of carbonyl (C=O) groups excluding carboxylic acids is 2. The number of hydrogen-bond acceptors (Lipinski definition) is 3. The Balaban J connectivity index is 1.98. The number of carbonyl (C=O) groups is 2. The van der Waals surface area contributed by atoms with E-state index in [1.165, 1.54) is 13.0 Å². The van der Waals surface area contributed by atoms with Crippen LogP contribution in [0.5, 0.6) is 0 Å². The van der Waals surface area contributed by atoms with Gasteiger partial charge >= 0.3 is 5.97 Å². The van der Waals surface area contributed by atoms with Crippen molar-refractivity contribution in [3.63, 3.8) is 0 Å². The van der Waals surface area contributed by atoms with Crippen LogP contribution in [0, 0.1) is 17.6 Å². The van der Waals surface area contributed by atoms with Gasteiger partial charge in [-0.2, -0.15) is 0 Å². The van der Waals surface area contributed by atoms with Crippen LogP contribution < -0.4 is 5.32 Å². The van der Waals surface area contributed by atoms with Crippen LogP contribution in [0.3, 0.4) is 0 Å². The van der Waals surface area contributed by atoms with Crippen molar-refractivity contribution in [2.24, 2.45) is 5.92 Å². The molecule has 0 unspecified atom stereocenters. The summed E-state index contributed by atoms with van der Waals surface area (Å²) >= 11 is 0. The third-order valence-electron chi connectivity index (χ3n) is 2.78. The first-order chi connectivity index (χ1) is 8.99. The summed E-state index contributed by atoms with van der Waals surface area (Å²) in [6.07, 6.45) is 0.427. The standard InChI is InChI=1S/C13H13F2NO3/c1-7(19-13(18)8-5-6-8)12(17)16-11-9(14)3-2-4-10(11)15/h2-4,7-8H,5-6H2,1H3,(H,16,17)/t7-/m1/s1. The molecule has 1 saturated carbocycles. The van der Waals surface area contributed by atoms with E-state index in [1.54, 1.807) is 0 Å². The maximum atomic E-state index is 13.3. The minimum Gasteiger partial charge on any atom is -0.452 e. The number of benzene rings is 1. The summed E-state index contributed by atoms with van der Waals surface area (Å²) in [5.74, 6) is -3.11. The van der Waals surface area contributed by atoms with Crippen molar-refractivity contribution in [2.45, 2.75) is 25.9 Å². The largest absolute Gasteiger partial charge is 0.452 e. The minimum atomic E-state index is -1.09. The van der Waals surface area contributed by atoms with Crippen molar-refractivity contribution in [3.05, 3.63) is 29.8 Å². The number of halogens is 2. The Morgan fingerprint density at radius 3 is 2.42 bits per heavy atom. The minimum absolute atomic E-state index is 0.138. The van der Waals surface area contributed by atoms with Gasteiger partial charge in [0.1, 0.15) is 17.3 Å². The SMILES string of the molecule is C[C@@H](OC(=O)C1CC1)C(=O)Nc1c(F)cccc1F. The Morgan fingerprint density at radius 2 is 1.89 bits per heavy atom. The van der Waals surface area contributed by atoms with Gasteiger partial charge in [-0.1, -0.05) is 6.07 Å². The van der Waals surface area contributed by atoms with Crippen LogP contribution in [-0.2, 0) is 14.3 Å². The lowest BCUT2D eigenvalue weighted by atomic mass is 10.2. The van der Waals surface area contributed by atoms with E-state index in [-0.39, 0.29) is 5.92 Å². The number of hydrogen-bond donors (Lipinski definition) is 1. The van der Waals surface area contributed by atoms with Gasteiger partial charge in [-0.25, -0.2) is 8.78 Å². The quantitative estimate of drug-likeness (QED) is 0.853. The first kappa shape index (κ1) is 13.5. The highest BCUT2D eigenvalue weighted by Crippen LogP contribution is 2.30. The number of esters is 1. The summed E-state index contributed by atoms with van der Waals surface area (Å²) in [7, 11) is 0. The van der Waals surface area contributed by atoms with Gasteiger partial charge in [0, 0.05) is 0 Å². The summed E-state index contributed by atoms with van der Waals surface area (Å²) in [6.45, 7) is 1.36. The highest BCUT2D eigenvalue weighted by atomic mass is 19.1. The van der Waals surface area contributed by atoms with Gasteiger partial charge in [0.15, 0.2) is 6.10 Å². The van der Waals surface area contributed by atoms with E-state index in [9.17, 15) is 18.4 Å². The highest BCUT2D eigenvalue weighted by Gasteiger charge is 2.33. The molecule has 0 aromatic heterocycles. The van der Waals surface area contributed by atoms with Crippen LogP contribution in [0.15, 0.2) is 18.2 Å². The lowest BCUT2D eigenvalue weighted by molar-refractivity contribution is -0.154. The van der Waals surface area contributed by atoms with Gasteiger partial charge < -0.3 is 10.1 Å². The average Bonchev–Trinajstić information content (AvgIpc) is 3.17. The Hall–Kier alpha value is -1.98. The second-order valence-electron chi connectivity index (χ2n) is 4.44. The molecule has 0 spiro atoms. The van der Waals surface area contributed by atoms with Crippen molar-refractivity contribution in [3.8, 4) is 0 Å². The molecule has 0 radical (unpaired) electrons. The van der Waals surface area contributed by atoms with Crippen LogP contribution in [0.25, 0.3) is 0 Å². The lowest BCUT2D eigenvalue weighted by Gasteiger charge is -2.14. The Kier molecular flexibility index (Phi) is 3.78. The molecule has 0 heterocycles. The smallest absolute Gasteiger partial charge is 0.309 e. The molecule has 4 nitrogen and oxygen atoms in total. The van der Waals surface area contributed by atoms with Gasteiger partial charge in [0.2, 0.25) is 0 Å². The molecular weight excluding hydrogens is 256 g/mol. The Bertz CT molecular complexity index is 494. The molecule has 6 heteroatoms. The molecule has 0 bridgehead atoms. The van der Waals surface area contributed by atoms with Crippen molar-refractivity contribution in [1.82, 2.24) is 0 Å². The molecule has 0 saturated heterocycles. The zero-order chi connectivity index (χ0) is 14.0. The van der Waals surface area contributed by atoms with E-state index >= 15 is 0 Å². The van der Waals surface area contributed by atoms with Gasteiger partial charge in [-0.15, -0.1) is 0 Å². The molecule has 2 rings (SSSR count). The van der Waals surface area contributed by atoms with E-state index < -0.39 is 35.3 Å². The first-order valence-electron chi connectivity index (χ1n) is 5.94. The Labute approximate surface area is 108 Å². The molecule has 1 N–H and O–H groups in total.